The summed E-state index contributed by atoms with van der Waals surface area (Å²) in [6, 6.07) is 0. The molecular formula is C52H92O11. The van der Waals surface area contributed by atoms with E-state index < -0.39 is 64.0 Å². The number of aliphatic hydroxyl groups is 2. The van der Waals surface area contributed by atoms with Crippen LogP contribution in [0.1, 0.15) is 183 Å². The second-order valence-corrected chi connectivity index (χ2v) is 21.9. The molecule has 2 N–H and O–H groups in total. The molecule has 12 fully saturated rings. The van der Waals surface area contributed by atoms with Crippen molar-refractivity contribution in [1.82, 2.24) is 0 Å². The Kier molecular flexibility index (Phi) is 16.7. The molecule has 10 saturated carbocycles. The fraction of sp³-hybridized carbons (Fsp3) is 0.904. The third-order valence-corrected chi connectivity index (χ3v) is 18.1. The van der Waals surface area contributed by atoms with E-state index in [4.69, 9.17) is 18.9 Å². The van der Waals surface area contributed by atoms with E-state index in [1.54, 1.807) is 6.92 Å². The second-order valence-electron chi connectivity index (χ2n) is 21.9. The van der Waals surface area contributed by atoms with Gasteiger partial charge in [0.15, 0.2) is 0 Å². The Morgan fingerprint density at radius 3 is 1.76 bits per heavy atom. The molecule has 0 radical (unpaired) electrons. The molecular weight excluding hydrogens is 801 g/mol. The Morgan fingerprint density at radius 1 is 0.698 bits per heavy atom. The fourth-order valence-electron chi connectivity index (χ4n) is 16.6. The largest absolute Gasteiger partial charge is 0.465 e. The first kappa shape index (κ1) is 56.6. The van der Waals surface area contributed by atoms with Crippen LogP contribution < -0.4 is 0 Å². The molecule has 12 atom stereocenters. The molecule has 11 nitrogen and oxygen atoms in total. The average molecular weight is 893 g/mol. The Bertz CT molecular complexity index is 1650. The van der Waals surface area contributed by atoms with Crippen molar-refractivity contribution in [3.05, 3.63) is 0 Å². The maximum absolute atomic E-state index is 15.0. The van der Waals surface area contributed by atoms with Gasteiger partial charge in [0.2, 0.25) is 0 Å². The second kappa shape index (κ2) is 18.6. The SMILES string of the molecule is C.C.C.C.C.C.C.C.CC1C(=O)OC(=O)C1C(CC(CC1C(C)C2CC1C1COC(=O)C21)C(=O)OC(C)(C)C12CC3CC(CC(C3)C1)C2)C(=O)OC12CC3CC(O)(CC(O)(C3)C1)C2. The molecule has 10 aliphatic carbocycles. The normalized spacial score (nSPS) is 44.4. The Hall–Kier alpha value is -2.53. The number of hydrogen-bond acceptors (Lipinski definition) is 11. The van der Waals surface area contributed by atoms with Gasteiger partial charge in [0.05, 0.1) is 47.4 Å². The van der Waals surface area contributed by atoms with Crippen molar-refractivity contribution in [2.24, 2.45) is 88.3 Å². The minimum absolute atomic E-state index is 0. The van der Waals surface area contributed by atoms with Gasteiger partial charge in [-0.2, -0.15) is 0 Å². The summed E-state index contributed by atoms with van der Waals surface area (Å²) >= 11 is 0. The van der Waals surface area contributed by atoms with Gasteiger partial charge in [0, 0.05) is 30.6 Å². The van der Waals surface area contributed by atoms with Crippen LogP contribution in [0.4, 0.5) is 0 Å². The highest BCUT2D eigenvalue weighted by atomic mass is 16.6. The van der Waals surface area contributed by atoms with E-state index in [9.17, 15) is 29.4 Å². The zero-order chi connectivity index (χ0) is 38.6. The van der Waals surface area contributed by atoms with E-state index in [2.05, 4.69) is 20.8 Å². The summed E-state index contributed by atoms with van der Waals surface area (Å²) in [6.45, 7) is 8.30. The molecule has 12 unspecified atom stereocenters. The van der Waals surface area contributed by atoms with Gasteiger partial charge in [0.1, 0.15) is 11.2 Å². The Morgan fingerprint density at radius 2 is 1.25 bits per heavy atom. The highest BCUT2D eigenvalue weighted by molar-refractivity contribution is 5.98. The van der Waals surface area contributed by atoms with Crippen LogP contribution in [-0.4, -0.2) is 69.1 Å². The van der Waals surface area contributed by atoms with Crippen molar-refractivity contribution in [2.45, 2.75) is 206 Å². The average Bonchev–Trinajstić information content (AvgIpc) is 3.77. The summed E-state index contributed by atoms with van der Waals surface area (Å²) in [4.78, 5) is 69.0. The fourth-order valence-corrected chi connectivity index (χ4v) is 16.6. The van der Waals surface area contributed by atoms with Crippen LogP contribution >= 0.6 is 0 Å². The summed E-state index contributed by atoms with van der Waals surface area (Å²) < 4.78 is 23.9. The first-order chi connectivity index (χ1) is 25.9. The molecule has 2 heterocycles. The monoisotopic (exact) mass is 893 g/mol. The highest BCUT2D eigenvalue weighted by Gasteiger charge is 2.66. The van der Waals surface area contributed by atoms with Gasteiger partial charge in [-0.3, -0.25) is 24.0 Å². The lowest BCUT2D eigenvalue weighted by molar-refractivity contribution is -0.263. The van der Waals surface area contributed by atoms with Crippen LogP contribution in [0.25, 0.3) is 0 Å². The van der Waals surface area contributed by atoms with Crippen molar-refractivity contribution in [3.8, 4) is 0 Å². The third-order valence-electron chi connectivity index (χ3n) is 18.1. The summed E-state index contributed by atoms with van der Waals surface area (Å²) in [7, 11) is 0. The molecule has 0 amide bonds. The van der Waals surface area contributed by atoms with E-state index in [1.165, 1.54) is 19.3 Å². The van der Waals surface area contributed by atoms with Gasteiger partial charge in [0.25, 0.3) is 0 Å². The zero-order valence-corrected chi connectivity index (χ0v) is 33.0. The third kappa shape index (κ3) is 8.79. The molecule has 366 valence electrons. The topological polar surface area (TPSA) is 163 Å². The van der Waals surface area contributed by atoms with Crippen LogP contribution in [0, 0.1) is 88.3 Å². The summed E-state index contributed by atoms with van der Waals surface area (Å²) in [5.74, 6) is -4.12. The maximum Gasteiger partial charge on any atom is 0.318 e. The Labute approximate surface area is 382 Å². The van der Waals surface area contributed by atoms with Crippen LogP contribution in [0.3, 0.4) is 0 Å². The minimum Gasteiger partial charge on any atom is -0.465 e. The highest BCUT2D eigenvalue weighted by Crippen LogP contribution is 2.66. The van der Waals surface area contributed by atoms with Gasteiger partial charge >= 0.3 is 29.8 Å². The molecule has 63 heavy (non-hydrogen) atoms. The molecule has 0 aromatic rings. The van der Waals surface area contributed by atoms with Crippen LogP contribution in [0.15, 0.2) is 0 Å². The van der Waals surface area contributed by atoms with Crippen molar-refractivity contribution < 1.29 is 53.1 Å². The molecule has 12 aliphatic rings. The summed E-state index contributed by atoms with van der Waals surface area (Å²) in [5.41, 5.74) is -4.24. The van der Waals surface area contributed by atoms with Crippen molar-refractivity contribution in [3.63, 3.8) is 0 Å². The lowest BCUT2D eigenvalue weighted by Gasteiger charge is -2.62. The number of esters is 5. The molecule has 12 rings (SSSR count). The lowest BCUT2D eigenvalue weighted by atomic mass is 9.46. The number of rotatable bonds is 10. The standard InChI is InChI=1S/C44H60O11.8CH4/c1-21-28(30-10-29(21)34-32(30)17-52-38(34)48)8-27(36(46)54-40(3,4)41-11-23-5-24(12-41)7-25(6-23)13-41)9-31(33-22(2)35(45)53-39(33)49)37(47)55-44-16-26-14-42(50,19-44)18-43(51,15-26)20-44;;;;;;;;/h21-34,50-51H,5-20H2,1-4H3;8*1H4. The van der Waals surface area contributed by atoms with E-state index in [0.29, 0.717) is 50.0 Å². The number of carbonyl (C=O) groups is 5. The molecule has 2 saturated heterocycles. The van der Waals surface area contributed by atoms with Crippen LogP contribution in [0.5, 0.6) is 0 Å². The predicted molar refractivity (Wildman–Crippen MR) is 247 cm³/mol. The predicted octanol–water partition coefficient (Wildman–Crippen LogP) is 10.4. The molecule has 0 aromatic carbocycles. The van der Waals surface area contributed by atoms with E-state index in [-0.39, 0.29) is 144 Å². The smallest absolute Gasteiger partial charge is 0.318 e. The van der Waals surface area contributed by atoms with Crippen LogP contribution in [0.2, 0.25) is 0 Å². The Balaban J connectivity index is 0.00000171. The van der Waals surface area contributed by atoms with E-state index >= 15 is 4.79 Å². The van der Waals surface area contributed by atoms with Gasteiger partial charge < -0.3 is 29.2 Å². The molecule has 2 aliphatic heterocycles. The summed E-state index contributed by atoms with van der Waals surface area (Å²) in [5, 5.41) is 23.0. The molecule has 0 spiro atoms. The maximum atomic E-state index is 15.0. The van der Waals surface area contributed by atoms with Crippen molar-refractivity contribution >= 4 is 29.8 Å². The zero-order valence-electron chi connectivity index (χ0n) is 33.0. The number of carbonyl (C=O) groups excluding carboxylic acids is 5. The van der Waals surface area contributed by atoms with Gasteiger partial charge in [-0.1, -0.05) is 73.3 Å². The minimum atomic E-state index is -1.18. The first-order valence-electron chi connectivity index (χ1n) is 21.7. The molecule has 0 aromatic heterocycles. The first-order valence-corrected chi connectivity index (χ1v) is 21.7. The number of fused-ring (bicyclic) bond motifs is 5. The van der Waals surface area contributed by atoms with E-state index in [1.807, 2.05) is 0 Å². The van der Waals surface area contributed by atoms with Crippen molar-refractivity contribution in [2.75, 3.05) is 6.61 Å². The van der Waals surface area contributed by atoms with E-state index in [0.717, 1.165) is 25.7 Å². The quantitative estimate of drug-likeness (QED) is 0.122. The van der Waals surface area contributed by atoms with Gasteiger partial charge in [-0.25, -0.2) is 0 Å². The number of ether oxygens (including phenoxy) is 4. The van der Waals surface area contributed by atoms with Crippen molar-refractivity contribution in [1.29, 1.82) is 0 Å². The van der Waals surface area contributed by atoms with Gasteiger partial charge in [-0.15, -0.1) is 0 Å². The molecule has 10 bridgehead atoms. The number of cyclic esters (lactones) is 3. The number of hydrogen-bond donors (Lipinski definition) is 2. The lowest BCUT2D eigenvalue weighted by Crippen LogP contribution is -2.67. The molecule has 11 heteroatoms. The van der Waals surface area contributed by atoms with Crippen LogP contribution in [-0.2, 0) is 42.9 Å². The summed E-state index contributed by atoms with van der Waals surface area (Å²) in [6.07, 6.45) is 10.5. The van der Waals surface area contributed by atoms with Gasteiger partial charge in [-0.05, 0) is 138 Å².